The molecule has 10 nitrogen and oxygen atoms in total. The van der Waals surface area contributed by atoms with Gasteiger partial charge in [-0.25, -0.2) is 18.4 Å². The number of nitriles is 1. The number of fused-ring (bicyclic) bond motifs is 1. The SMILES string of the molecule is Cn1cncc1CN1CC(N(CC(N)=O)S(=O)(=O)c2ccccn2)Cc2cc(C#N)ccc21. The first-order valence-electron chi connectivity index (χ1n) is 10.2. The molecule has 1 atom stereocenters. The van der Waals surface area contributed by atoms with E-state index in [0.717, 1.165) is 21.2 Å². The van der Waals surface area contributed by atoms with Gasteiger partial charge in [0.1, 0.15) is 0 Å². The van der Waals surface area contributed by atoms with Gasteiger partial charge < -0.3 is 15.2 Å². The summed E-state index contributed by atoms with van der Waals surface area (Å²) >= 11 is 0. The quantitative estimate of drug-likeness (QED) is 0.544. The van der Waals surface area contributed by atoms with Gasteiger partial charge in [-0.2, -0.15) is 9.57 Å². The van der Waals surface area contributed by atoms with Crippen LogP contribution in [0, 0.1) is 11.3 Å². The number of anilines is 1. The first-order valence-corrected chi connectivity index (χ1v) is 11.7. The molecule has 1 aromatic carbocycles. The van der Waals surface area contributed by atoms with Crippen molar-refractivity contribution in [1.82, 2.24) is 18.8 Å². The number of aromatic nitrogens is 3. The van der Waals surface area contributed by atoms with Gasteiger partial charge in [0.25, 0.3) is 10.0 Å². The minimum atomic E-state index is -4.10. The van der Waals surface area contributed by atoms with Crippen LogP contribution in [-0.4, -0.2) is 52.3 Å². The second-order valence-corrected chi connectivity index (χ2v) is 9.71. The molecule has 1 amide bonds. The van der Waals surface area contributed by atoms with E-state index in [1.54, 1.807) is 36.8 Å². The predicted molar refractivity (Wildman–Crippen MR) is 120 cm³/mol. The van der Waals surface area contributed by atoms with Crippen LogP contribution in [0.5, 0.6) is 0 Å². The number of sulfonamides is 1. The van der Waals surface area contributed by atoms with Crippen LogP contribution in [0.2, 0.25) is 0 Å². The molecule has 170 valence electrons. The summed E-state index contributed by atoms with van der Waals surface area (Å²) in [5.74, 6) is -0.760. The highest BCUT2D eigenvalue weighted by Gasteiger charge is 2.37. The Hall–Kier alpha value is -3.75. The Balaban J connectivity index is 1.77. The van der Waals surface area contributed by atoms with Crippen LogP contribution >= 0.6 is 0 Å². The smallest absolute Gasteiger partial charge is 0.261 e. The summed E-state index contributed by atoms with van der Waals surface area (Å²) in [6.45, 7) is 0.319. The topological polar surface area (TPSA) is 138 Å². The molecule has 0 saturated carbocycles. The molecule has 0 radical (unpaired) electrons. The number of primary amides is 1. The predicted octanol–water partition coefficient (Wildman–Crippen LogP) is 0.794. The third-order valence-corrected chi connectivity index (χ3v) is 7.45. The Morgan fingerprint density at radius 3 is 2.79 bits per heavy atom. The standard InChI is InChI=1S/C22H23N7O3S/c1-27-15-25-11-19(27)13-28-12-18(9-17-8-16(10-23)5-6-20(17)28)29(14-21(24)30)33(31,32)22-4-2-3-7-26-22/h2-8,11,15,18H,9,12-14H2,1H3,(H2,24,30). The Labute approximate surface area is 191 Å². The molecule has 2 aromatic heterocycles. The summed E-state index contributed by atoms with van der Waals surface area (Å²) in [7, 11) is -2.21. The zero-order valence-electron chi connectivity index (χ0n) is 18.0. The van der Waals surface area contributed by atoms with Crippen molar-refractivity contribution < 1.29 is 13.2 Å². The fraction of sp³-hybridized carbons (Fsp3) is 0.273. The molecule has 0 saturated heterocycles. The van der Waals surface area contributed by atoms with Crippen LogP contribution in [-0.2, 0) is 34.8 Å². The van der Waals surface area contributed by atoms with E-state index in [9.17, 15) is 18.5 Å². The Morgan fingerprint density at radius 2 is 2.15 bits per heavy atom. The first kappa shape index (κ1) is 22.4. The van der Waals surface area contributed by atoms with Gasteiger partial charge in [0.05, 0.1) is 36.7 Å². The summed E-state index contributed by atoms with van der Waals surface area (Å²) < 4.78 is 29.9. The highest BCUT2D eigenvalue weighted by molar-refractivity contribution is 7.89. The lowest BCUT2D eigenvalue weighted by Gasteiger charge is -2.40. The number of nitrogens with two attached hydrogens (primary N) is 1. The molecule has 1 unspecified atom stereocenters. The van der Waals surface area contributed by atoms with Crippen molar-refractivity contribution in [3.05, 3.63) is 71.9 Å². The molecule has 4 rings (SSSR count). The second kappa shape index (κ2) is 9.01. The van der Waals surface area contributed by atoms with Crippen LogP contribution in [0.3, 0.4) is 0 Å². The van der Waals surface area contributed by atoms with Crippen molar-refractivity contribution in [2.75, 3.05) is 18.0 Å². The normalized spacial score (nSPS) is 15.8. The van der Waals surface area contributed by atoms with Crippen LogP contribution < -0.4 is 10.6 Å². The molecule has 0 fully saturated rings. The number of imidazole rings is 1. The Bertz CT molecular complexity index is 1320. The number of pyridine rings is 1. The van der Waals surface area contributed by atoms with Crippen molar-refractivity contribution in [2.24, 2.45) is 12.8 Å². The number of carbonyl (C=O) groups is 1. The number of amides is 1. The van der Waals surface area contributed by atoms with E-state index < -0.39 is 28.5 Å². The van der Waals surface area contributed by atoms with Gasteiger partial charge in [0.15, 0.2) is 5.03 Å². The molecule has 0 aliphatic carbocycles. The molecule has 11 heteroatoms. The fourth-order valence-corrected chi connectivity index (χ4v) is 5.57. The average Bonchev–Trinajstić information content (AvgIpc) is 3.21. The van der Waals surface area contributed by atoms with Crippen molar-refractivity contribution in [2.45, 2.75) is 24.0 Å². The van der Waals surface area contributed by atoms with Gasteiger partial charge in [-0.15, -0.1) is 0 Å². The van der Waals surface area contributed by atoms with E-state index in [4.69, 9.17) is 5.73 Å². The largest absolute Gasteiger partial charge is 0.369 e. The number of benzene rings is 1. The summed E-state index contributed by atoms with van der Waals surface area (Å²) in [6, 6.07) is 11.5. The van der Waals surface area contributed by atoms with Crippen molar-refractivity contribution in [1.29, 1.82) is 5.26 Å². The lowest BCUT2D eigenvalue weighted by Crippen LogP contribution is -2.53. The maximum Gasteiger partial charge on any atom is 0.261 e. The molecule has 0 spiro atoms. The highest BCUT2D eigenvalue weighted by Crippen LogP contribution is 2.32. The summed E-state index contributed by atoms with van der Waals surface area (Å²) in [5.41, 5.74) is 8.57. The molecule has 33 heavy (non-hydrogen) atoms. The van der Waals surface area contributed by atoms with Crippen LogP contribution in [0.15, 0.2) is 60.1 Å². The van der Waals surface area contributed by atoms with E-state index in [-0.39, 0.29) is 5.03 Å². The second-order valence-electron chi connectivity index (χ2n) is 7.87. The minimum Gasteiger partial charge on any atom is -0.369 e. The van der Waals surface area contributed by atoms with Gasteiger partial charge in [-0.05, 0) is 42.3 Å². The van der Waals surface area contributed by atoms with Gasteiger partial charge in [-0.1, -0.05) is 6.07 Å². The zero-order chi connectivity index (χ0) is 23.6. The monoisotopic (exact) mass is 465 g/mol. The molecular formula is C22H23N7O3S. The summed E-state index contributed by atoms with van der Waals surface area (Å²) in [6.07, 6.45) is 5.16. The molecule has 1 aliphatic rings. The lowest BCUT2D eigenvalue weighted by atomic mass is 9.95. The molecule has 3 aromatic rings. The molecule has 0 bridgehead atoms. The van der Waals surface area contributed by atoms with Gasteiger partial charge in [-0.3, -0.25) is 4.79 Å². The lowest BCUT2D eigenvalue weighted by molar-refractivity contribution is -0.118. The van der Waals surface area contributed by atoms with Crippen molar-refractivity contribution in [3.63, 3.8) is 0 Å². The average molecular weight is 466 g/mol. The van der Waals surface area contributed by atoms with E-state index in [2.05, 4.69) is 16.0 Å². The van der Waals surface area contributed by atoms with Gasteiger partial charge >= 0.3 is 0 Å². The zero-order valence-corrected chi connectivity index (χ0v) is 18.8. The molecule has 2 N–H and O–H groups in total. The number of rotatable bonds is 7. The van der Waals surface area contributed by atoms with E-state index in [0.29, 0.717) is 25.1 Å². The van der Waals surface area contributed by atoms with E-state index >= 15 is 0 Å². The van der Waals surface area contributed by atoms with Crippen molar-refractivity contribution >= 4 is 21.6 Å². The van der Waals surface area contributed by atoms with Crippen molar-refractivity contribution in [3.8, 4) is 6.07 Å². The van der Waals surface area contributed by atoms with Crippen LogP contribution in [0.1, 0.15) is 16.8 Å². The Morgan fingerprint density at radius 1 is 1.33 bits per heavy atom. The van der Waals surface area contributed by atoms with Gasteiger partial charge in [0, 0.05) is 37.7 Å². The maximum absolute atomic E-state index is 13.5. The molecular weight excluding hydrogens is 442 g/mol. The number of hydrogen-bond donors (Lipinski definition) is 1. The number of hydrogen-bond acceptors (Lipinski definition) is 7. The number of aryl methyl sites for hydroxylation is 1. The number of carbonyl (C=O) groups excluding carboxylic acids is 1. The molecule has 1 aliphatic heterocycles. The summed E-state index contributed by atoms with van der Waals surface area (Å²) in [5, 5.41) is 9.22. The van der Waals surface area contributed by atoms with Crippen LogP contribution in [0.4, 0.5) is 5.69 Å². The fourth-order valence-electron chi connectivity index (χ4n) is 4.06. The summed E-state index contributed by atoms with van der Waals surface area (Å²) in [4.78, 5) is 22.1. The third kappa shape index (κ3) is 4.57. The number of nitrogens with zero attached hydrogens (tertiary/aromatic N) is 6. The molecule has 3 heterocycles. The van der Waals surface area contributed by atoms with Crippen LogP contribution in [0.25, 0.3) is 0 Å². The van der Waals surface area contributed by atoms with Gasteiger partial charge in [0.2, 0.25) is 5.91 Å². The van der Waals surface area contributed by atoms with E-state index in [1.165, 1.54) is 12.3 Å². The third-order valence-electron chi connectivity index (χ3n) is 5.63. The maximum atomic E-state index is 13.5. The van der Waals surface area contributed by atoms with E-state index in [1.807, 2.05) is 22.6 Å². The Kier molecular flexibility index (Phi) is 6.13. The first-order chi connectivity index (χ1) is 15.8. The highest BCUT2D eigenvalue weighted by atomic mass is 32.2. The minimum absolute atomic E-state index is 0.152.